The third-order valence-corrected chi connectivity index (χ3v) is 4.10. The molecule has 0 aromatic carbocycles. The second kappa shape index (κ2) is 5.88. The van der Waals surface area contributed by atoms with Gasteiger partial charge in [-0.25, -0.2) is 0 Å². The number of rotatable bonds is 4. The van der Waals surface area contributed by atoms with Crippen molar-refractivity contribution in [3.63, 3.8) is 0 Å². The monoisotopic (exact) mass is 263 g/mol. The van der Waals surface area contributed by atoms with Gasteiger partial charge in [-0.15, -0.1) is 0 Å². The number of pyridine rings is 1. The number of aliphatic hydroxyl groups is 1. The van der Waals surface area contributed by atoms with Gasteiger partial charge in [-0.3, -0.25) is 4.98 Å². The Morgan fingerprint density at radius 2 is 2.16 bits per heavy atom. The molecule has 0 aliphatic carbocycles. The quantitative estimate of drug-likeness (QED) is 0.901. The Labute approximate surface area is 116 Å². The highest BCUT2D eigenvalue weighted by Gasteiger charge is 2.31. The van der Waals surface area contributed by atoms with Gasteiger partial charge in [0.15, 0.2) is 0 Å². The van der Waals surface area contributed by atoms with Crippen LogP contribution in [-0.4, -0.2) is 48.2 Å². The molecule has 1 saturated heterocycles. The molecule has 19 heavy (non-hydrogen) atoms. The van der Waals surface area contributed by atoms with Gasteiger partial charge in [-0.1, -0.05) is 13.8 Å². The Morgan fingerprint density at radius 1 is 1.42 bits per heavy atom. The van der Waals surface area contributed by atoms with E-state index in [1.807, 2.05) is 19.2 Å². The molecule has 0 bridgehead atoms. The number of nitrogens with zero attached hydrogens (tertiary/aromatic N) is 3. The normalized spacial score (nSPS) is 25.1. The van der Waals surface area contributed by atoms with Crippen LogP contribution in [0.3, 0.4) is 0 Å². The SMILES string of the molecule is CCC(O)c1ccc(N2CC(C)C(N(C)C)C2)cn1. The highest BCUT2D eigenvalue weighted by Crippen LogP contribution is 2.26. The average Bonchev–Trinajstić information content (AvgIpc) is 2.80. The van der Waals surface area contributed by atoms with E-state index >= 15 is 0 Å². The summed E-state index contributed by atoms with van der Waals surface area (Å²) in [6, 6.07) is 4.62. The lowest BCUT2D eigenvalue weighted by Gasteiger charge is -2.23. The number of hydrogen-bond donors (Lipinski definition) is 1. The first kappa shape index (κ1) is 14.3. The predicted molar refractivity (Wildman–Crippen MR) is 78.3 cm³/mol. The molecule has 1 aliphatic rings. The molecule has 1 fully saturated rings. The molecule has 2 rings (SSSR count). The number of anilines is 1. The first-order valence-electron chi connectivity index (χ1n) is 7.08. The zero-order valence-corrected chi connectivity index (χ0v) is 12.4. The molecule has 106 valence electrons. The lowest BCUT2D eigenvalue weighted by atomic mass is 10.1. The zero-order chi connectivity index (χ0) is 14.0. The van der Waals surface area contributed by atoms with Crippen LogP contribution in [0.15, 0.2) is 18.3 Å². The largest absolute Gasteiger partial charge is 0.387 e. The van der Waals surface area contributed by atoms with Gasteiger partial charge in [0.1, 0.15) is 0 Å². The maximum Gasteiger partial charge on any atom is 0.0957 e. The number of aliphatic hydroxyl groups excluding tert-OH is 1. The molecule has 0 saturated carbocycles. The molecule has 3 unspecified atom stereocenters. The van der Waals surface area contributed by atoms with Crippen LogP contribution in [0.4, 0.5) is 5.69 Å². The lowest BCUT2D eigenvalue weighted by molar-refractivity contribution is 0.169. The molecule has 2 heterocycles. The van der Waals surface area contributed by atoms with Gasteiger partial charge in [0.25, 0.3) is 0 Å². The Bertz CT molecular complexity index is 404. The van der Waals surface area contributed by atoms with Crippen molar-refractivity contribution in [3.8, 4) is 0 Å². The molecule has 0 amide bonds. The fourth-order valence-corrected chi connectivity index (χ4v) is 2.82. The van der Waals surface area contributed by atoms with Crippen LogP contribution in [0.2, 0.25) is 0 Å². The fraction of sp³-hybridized carbons (Fsp3) is 0.667. The van der Waals surface area contributed by atoms with Crippen LogP contribution >= 0.6 is 0 Å². The average molecular weight is 263 g/mol. The molecular formula is C15H25N3O. The topological polar surface area (TPSA) is 39.6 Å². The van der Waals surface area contributed by atoms with Gasteiger partial charge in [0.2, 0.25) is 0 Å². The van der Waals surface area contributed by atoms with E-state index in [9.17, 15) is 5.11 Å². The molecule has 4 heteroatoms. The number of likely N-dealkylation sites (N-methyl/N-ethyl adjacent to an activating group) is 1. The van der Waals surface area contributed by atoms with Crippen LogP contribution in [0.5, 0.6) is 0 Å². The summed E-state index contributed by atoms with van der Waals surface area (Å²) in [6.45, 7) is 6.38. The van der Waals surface area contributed by atoms with E-state index in [-0.39, 0.29) is 0 Å². The van der Waals surface area contributed by atoms with E-state index < -0.39 is 6.10 Å². The smallest absolute Gasteiger partial charge is 0.0957 e. The molecule has 1 aliphatic heterocycles. The van der Waals surface area contributed by atoms with E-state index in [0.717, 1.165) is 24.5 Å². The highest BCUT2D eigenvalue weighted by atomic mass is 16.3. The Hall–Kier alpha value is -1.13. The van der Waals surface area contributed by atoms with Crippen LogP contribution in [0.1, 0.15) is 32.1 Å². The first-order valence-corrected chi connectivity index (χ1v) is 7.08. The van der Waals surface area contributed by atoms with Gasteiger partial charge >= 0.3 is 0 Å². The number of aromatic nitrogens is 1. The minimum absolute atomic E-state index is 0.443. The Balaban J connectivity index is 2.07. The first-order chi connectivity index (χ1) is 9.02. The second-order valence-electron chi connectivity index (χ2n) is 5.78. The molecule has 0 spiro atoms. The van der Waals surface area contributed by atoms with Crippen LogP contribution < -0.4 is 4.90 Å². The van der Waals surface area contributed by atoms with E-state index in [1.54, 1.807) is 0 Å². The van der Waals surface area contributed by atoms with Crippen LogP contribution in [0.25, 0.3) is 0 Å². The fourth-order valence-electron chi connectivity index (χ4n) is 2.82. The van der Waals surface area contributed by atoms with Crippen molar-refractivity contribution < 1.29 is 5.11 Å². The summed E-state index contributed by atoms with van der Waals surface area (Å²) < 4.78 is 0. The zero-order valence-electron chi connectivity index (χ0n) is 12.4. The summed E-state index contributed by atoms with van der Waals surface area (Å²) in [4.78, 5) is 9.06. The van der Waals surface area contributed by atoms with Crippen molar-refractivity contribution in [2.45, 2.75) is 32.4 Å². The second-order valence-corrected chi connectivity index (χ2v) is 5.78. The van der Waals surface area contributed by atoms with Gasteiger partial charge < -0.3 is 14.9 Å². The van der Waals surface area contributed by atoms with Gasteiger partial charge in [0.05, 0.1) is 23.7 Å². The summed E-state index contributed by atoms with van der Waals surface area (Å²) >= 11 is 0. The van der Waals surface area contributed by atoms with Crippen molar-refractivity contribution in [1.82, 2.24) is 9.88 Å². The predicted octanol–water partition coefficient (Wildman–Crippen LogP) is 1.91. The standard InChI is InChI=1S/C15H25N3O/c1-5-15(19)13-7-6-12(8-16-13)18-9-11(2)14(10-18)17(3)4/h6-8,11,14-15,19H,5,9-10H2,1-4H3. The molecule has 0 radical (unpaired) electrons. The molecule has 1 aromatic rings. The summed E-state index contributed by atoms with van der Waals surface area (Å²) in [5.74, 6) is 0.663. The molecule has 3 atom stereocenters. The molecule has 1 N–H and O–H groups in total. The highest BCUT2D eigenvalue weighted by molar-refractivity contribution is 5.46. The van der Waals surface area contributed by atoms with E-state index in [2.05, 4.69) is 41.9 Å². The summed E-state index contributed by atoms with van der Waals surface area (Å²) in [5, 5.41) is 9.76. The summed E-state index contributed by atoms with van der Waals surface area (Å²) in [7, 11) is 4.28. The van der Waals surface area contributed by atoms with Crippen molar-refractivity contribution in [1.29, 1.82) is 0 Å². The van der Waals surface area contributed by atoms with E-state index in [4.69, 9.17) is 0 Å². The van der Waals surface area contributed by atoms with E-state index in [0.29, 0.717) is 18.4 Å². The van der Waals surface area contributed by atoms with Crippen molar-refractivity contribution >= 4 is 5.69 Å². The van der Waals surface area contributed by atoms with Gasteiger partial charge in [0, 0.05) is 19.1 Å². The minimum atomic E-state index is -0.443. The Kier molecular flexibility index (Phi) is 4.42. The summed E-state index contributed by atoms with van der Waals surface area (Å²) in [5.41, 5.74) is 1.92. The summed E-state index contributed by atoms with van der Waals surface area (Å²) in [6.07, 6.45) is 2.15. The molecule has 4 nitrogen and oxygen atoms in total. The minimum Gasteiger partial charge on any atom is -0.387 e. The molecular weight excluding hydrogens is 238 g/mol. The van der Waals surface area contributed by atoms with Gasteiger partial charge in [-0.05, 0) is 38.6 Å². The maximum atomic E-state index is 9.76. The van der Waals surface area contributed by atoms with E-state index in [1.165, 1.54) is 0 Å². The van der Waals surface area contributed by atoms with Crippen molar-refractivity contribution in [2.75, 3.05) is 32.1 Å². The molecule has 1 aromatic heterocycles. The van der Waals surface area contributed by atoms with Crippen LogP contribution in [-0.2, 0) is 0 Å². The third kappa shape index (κ3) is 3.07. The third-order valence-electron chi connectivity index (χ3n) is 4.10. The lowest BCUT2D eigenvalue weighted by Crippen LogP contribution is -2.34. The maximum absolute atomic E-state index is 9.76. The van der Waals surface area contributed by atoms with Gasteiger partial charge in [-0.2, -0.15) is 0 Å². The van der Waals surface area contributed by atoms with Crippen molar-refractivity contribution in [3.05, 3.63) is 24.0 Å². The number of hydrogen-bond acceptors (Lipinski definition) is 4. The van der Waals surface area contributed by atoms with Crippen LogP contribution in [0, 0.1) is 5.92 Å². The van der Waals surface area contributed by atoms with Crippen molar-refractivity contribution in [2.24, 2.45) is 5.92 Å². The Morgan fingerprint density at radius 3 is 2.63 bits per heavy atom.